The Morgan fingerprint density at radius 1 is 0.900 bits per heavy atom. The molecule has 158 valence electrons. The lowest BCUT2D eigenvalue weighted by atomic mass is 10.1. The fourth-order valence-corrected chi connectivity index (χ4v) is 3.41. The summed E-state index contributed by atoms with van der Waals surface area (Å²) < 4.78 is 72.2. The topological polar surface area (TPSA) is 90.4 Å². The van der Waals surface area contributed by atoms with Crippen molar-refractivity contribution in [1.29, 1.82) is 0 Å². The Bertz CT molecular complexity index is 1060. The predicted molar refractivity (Wildman–Crippen MR) is 101 cm³/mol. The van der Waals surface area contributed by atoms with Crippen LogP contribution in [0.3, 0.4) is 0 Å². The number of hydrogen-bond donors (Lipinski definition) is 1. The molecule has 0 radical (unpaired) electrons. The van der Waals surface area contributed by atoms with Crippen LogP contribution in [-0.2, 0) is 10.0 Å². The van der Waals surface area contributed by atoms with Crippen LogP contribution in [0.15, 0.2) is 71.6 Å². The van der Waals surface area contributed by atoms with Crippen molar-refractivity contribution >= 4 is 10.0 Å². The highest BCUT2D eigenvalue weighted by molar-refractivity contribution is 7.89. The van der Waals surface area contributed by atoms with Gasteiger partial charge in [0.25, 0.3) is 0 Å². The summed E-state index contributed by atoms with van der Waals surface area (Å²) in [5, 5.41) is 7.98. The van der Waals surface area contributed by atoms with Gasteiger partial charge in [-0.3, -0.25) is 0 Å². The second kappa shape index (κ2) is 9.09. The van der Waals surface area contributed by atoms with Gasteiger partial charge < -0.3 is 9.47 Å². The molecule has 1 heterocycles. The van der Waals surface area contributed by atoms with Crippen LogP contribution in [0.25, 0.3) is 11.3 Å². The van der Waals surface area contributed by atoms with E-state index >= 15 is 0 Å². The largest absolute Gasteiger partial charge is 0.573 e. The Labute approximate surface area is 170 Å². The molecule has 30 heavy (non-hydrogen) atoms. The van der Waals surface area contributed by atoms with Crippen molar-refractivity contribution in [3.63, 3.8) is 0 Å². The zero-order valence-electron chi connectivity index (χ0n) is 15.3. The van der Waals surface area contributed by atoms with Crippen molar-refractivity contribution in [3.8, 4) is 22.9 Å². The Morgan fingerprint density at radius 2 is 1.60 bits per heavy atom. The lowest BCUT2D eigenvalue weighted by Gasteiger charge is -2.10. The molecule has 0 atom stereocenters. The van der Waals surface area contributed by atoms with E-state index in [1.54, 1.807) is 12.1 Å². The van der Waals surface area contributed by atoms with E-state index in [1.807, 2.05) is 30.3 Å². The van der Waals surface area contributed by atoms with Gasteiger partial charge in [-0.1, -0.05) is 30.3 Å². The molecule has 3 aromatic rings. The first kappa shape index (κ1) is 21.5. The van der Waals surface area contributed by atoms with Gasteiger partial charge in [-0.15, -0.1) is 23.4 Å². The Morgan fingerprint density at radius 3 is 2.20 bits per heavy atom. The smallest absolute Gasteiger partial charge is 0.475 e. The fraction of sp³-hybridized carbons (Fsp3) is 0.158. The molecule has 3 rings (SSSR count). The molecule has 1 aromatic heterocycles. The van der Waals surface area contributed by atoms with Crippen LogP contribution in [-0.4, -0.2) is 38.1 Å². The molecule has 11 heteroatoms. The summed E-state index contributed by atoms with van der Waals surface area (Å²) in [4.78, 5) is -0.205. The third-order valence-electron chi connectivity index (χ3n) is 3.72. The second-order valence-corrected chi connectivity index (χ2v) is 7.66. The van der Waals surface area contributed by atoms with Crippen molar-refractivity contribution in [1.82, 2.24) is 14.9 Å². The zero-order valence-corrected chi connectivity index (χ0v) is 16.2. The van der Waals surface area contributed by atoms with Crippen molar-refractivity contribution in [3.05, 3.63) is 66.7 Å². The van der Waals surface area contributed by atoms with Gasteiger partial charge in [0.2, 0.25) is 15.9 Å². The number of benzene rings is 2. The van der Waals surface area contributed by atoms with E-state index in [0.29, 0.717) is 5.69 Å². The second-order valence-electron chi connectivity index (χ2n) is 5.89. The molecular formula is C19H16F3N3O4S. The number of nitrogens with zero attached hydrogens (tertiary/aromatic N) is 2. The van der Waals surface area contributed by atoms with Crippen molar-refractivity contribution in [2.75, 3.05) is 13.2 Å². The predicted octanol–water partition coefficient (Wildman–Crippen LogP) is 3.40. The molecule has 0 fully saturated rings. The van der Waals surface area contributed by atoms with E-state index in [4.69, 9.17) is 4.74 Å². The number of alkyl halides is 3. The number of rotatable bonds is 8. The van der Waals surface area contributed by atoms with Gasteiger partial charge in [0.15, 0.2) is 0 Å². The van der Waals surface area contributed by atoms with Gasteiger partial charge in [-0.05, 0) is 30.3 Å². The lowest BCUT2D eigenvalue weighted by Crippen LogP contribution is -2.28. The Hall–Kier alpha value is -3.18. The minimum atomic E-state index is -4.85. The van der Waals surface area contributed by atoms with E-state index in [1.165, 1.54) is 0 Å². The number of hydrogen-bond acceptors (Lipinski definition) is 6. The molecule has 0 aliphatic heterocycles. The molecule has 7 nitrogen and oxygen atoms in total. The minimum Gasteiger partial charge on any atom is -0.475 e. The average Bonchev–Trinajstić information content (AvgIpc) is 2.72. The van der Waals surface area contributed by atoms with E-state index < -0.39 is 22.1 Å². The van der Waals surface area contributed by atoms with E-state index in [9.17, 15) is 21.6 Å². The van der Waals surface area contributed by atoms with Crippen LogP contribution >= 0.6 is 0 Å². The quantitative estimate of drug-likeness (QED) is 0.541. The van der Waals surface area contributed by atoms with Crippen LogP contribution < -0.4 is 14.2 Å². The summed E-state index contributed by atoms with van der Waals surface area (Å²) in [6.07, 6.45) is -4.85. The van der Waals surface area contributed by atoms with Gasteiger partial charge in [0.1, 0.15) is 12.4 Å². The third kappa shape index (κ3) is 6.16. The number of aromatic nitrogens is 2. The number of ether oxygens (including phenoxy) is 2. The normalized spacial score (nSPS) is 11.8. The summed E-state index contributed by atoms with van der Waals surface area (Å²) in [5.74, 6) is -0.287. The summed E-state index contributed by atoms with van der Waals surface area (Å²) in [6, 6.07) is 16.6. The van der Waals surface area contributed by atoms with E-state index in [2.05, 4.69) is 19.7 Å². The van der Waals surface area contributed by atoms with Crippen molar-refractivity contribution < 1.29 is 31.1 Å². The van der Waals surface area contributed by atoms with Gasteiger partial charge in [-0.25, -0.2) is 13.1 Å². The van der Waals surface area contributed by atoms with Gasteiger partial charge >= 0.3 is 6.36 Å². The first-order valence-electron chi connectivity index (χ1n) is 8.60. The summed E-state index contributed by atoms with van der Waals surface area (Å²) >= 11 is 0. The summed E-state index contributed by atoms with van der Waals surface area (Å²) in [6.45, 7) is -0.0981. The molecule has 0 amide bonds. The third-order valence-corrected chi connectivity index (χ3v) is 5.20. The molecule has 2 aromatic carbocycles. The van der Waals surface area contributed by atoms with Crippen LogP contribution in [0, 0.1) is 0 Å². The monoisotopic (exact) mass is 439 g/mol. The maximum absolute atomic E-state index is 12.2. The molecule has 0 aliphatic carbocycles. The van der Waals surface area contributed by atoms with Gasteiger partial charge in [-0.2, -0.15) is 0 Å². The average molecular weight is 439 g/mol. The first-order valence-corrected chi connectivity index (χ1v) is 10.1. The fourth-order valence-electron chi connectivity index (χ4n) is 2.40. The molecule has 0 saturated carbocycles. The molecule has 0 bridgehead atoms. The maximum Gasteiger partial charge on any atom is 0.573 e. The van der Waals surface area contributed by atoms with Gasteiger partial charge in [0, 0.05) is 18.2 Å². The lowest BCUT2D eigenvalue weighted by molar-refractivity contribution is -0.274. The minimum absolute atomic E-state index is 0.0200. The van der Waals surface area contributed by atoms with E-state index in [0.717, 1.165) is 29.8 Å². The highest BCUT2D eigenvalue weighted by Crippen LogP contribution is 2.23. The SMILES string of the molecule is O=S(=O)(NCCOc1ccc(-c2ccccc2)nn1)c1ccc(OC(F)(F)F)cc1. The highest BCUT2D eigenvalue weighted by Gasteiger charge is 2.31. The number of sulfonamides is 1. The molecule has 0 unspecified atom stereocenters. The molecular weight excluding hydrogens is 423 g/mol. The number of halogens is 3. The first-order chi connectivity index (χ1) is 14.2. The Kier molecular flexibility index (Phi) is 6.53. The van der Waals surface area contributed by atoms with Crippen LogP contribution in [0.1, 0.15) is 0 Å². The summed E-state index contributed by atoms with van der Waals surface area (Å²) in [5.41, 5.74) is 1.57. The summed E-state index contributed by atoms with van der Waals surface area (Å²) in [7, 11) is -3.92. The maximum atomic E-state index is 12.2. The highest BCUT2D eigenvalue weighted by atomic mass is 32.2. The number of nitrogens with one attached hydrogen (secondary N) is 1. The van der Waals surface area contributed by atoms with Crippen LogP contribution in [0.2, 0.25) is 0 Å². The molecule has 0 saturated heterocycles. The van der Waals surface area contributed by atoms with Crippen molar-refractivity contribution in [2.24, 2.45) is 0 Å². The van der Waals surface area contributed by atoms with Crippen LogP contribution in [0.4, 0.5) is 13.2 Å². The van der Waals surface area contributed by atoms with Gasteiger partial charge in [0.05, 0.1) is 10.6 Å². The zero-order chi connectivity index (χ0) is 21.6. The molecule has 1 N–H and O–H groups in total. The molecule has 0 aliphatic rings. The standard InChI is InChI=1S/C19H16F3N3O4S/c20-19(21,22)29-15-6-8-16(9-7-15)30(26,27)23-12-13-28-18-11-10-17(24-25-18)14-4-2-1-3-5-14/h1-11,23H,12-13H2. The Balaban J connectivity index is 1.49. The van der Waals surface area contributed by atoms with E-state index in [-0.39, 0.29) is 23.9 Å². The molecule has 0 spiro atoms. The van der Waals surface area contributed by atoms with Crippen LogP contribution in [0.5, 0.6) is 11.6 Å². The van der Waals surface area contributed by atoms with Crippen molar-refractivity contribution in [2.45, 2.75) is 11.3 Å².